The van der Waals surface area contributed by atoms with E-state index in [-0.39, 0.29) is 11.9 Å². The van der Waals surface area contributed by atoms with E-state index in [0.717, 1.165) is 28.3 Å². The van der Waals surface area contributed by atoms with Crippen molar-refractivity contribution in [3.05, 3.63) is 59.5 Å². The van der Waals surface area contributed by atoms with Gasteiger partial charge >= 0.3 is 0 Å². The Morgan fingerprint density at radius 3 is 2.58 bits per heavy atom. The van der Waals surface area contributed by atoms with Gasteiger partial charge in [0.2, 0.25) is 5.91 Å². The Morgan fingerprint density at radius 2 is 2.00 bits per heavy atom. The van der Waals surface area contributed by atoms with Crippen molar-refractivity contribution in [1.29, 1.82) is 0 Å². The molecule has 0 aliphatic rings. The molecule has 0 saturated carbocycles. The third-order valence-electron chi connectivity index (χ3n) is 4.80. The number of hydrogen-bond donors (Lipinski definition) is 0. The molecule has 1 atom stereocenters. The minimum Gasteiger partial charge on any atom is -0.361 e. The number of rotatable bonds is 6. The van der Waals surface area contributed by atoms with Crippen molar-refractivity contribution in [2.24, 2.45) is 0 Å². The van der Waals surface area contributed by atoms with Crippen LogP contribution in [0.1, 0.15) is 42.0 Å². The van der Waals surface area contributed by atoms with Gasteiger partial charge in [-0.25, -0.2) is 9.67 Å². The van der Waals surface area contributed by atoms with Gasteiger partial charge in [0.15, 0.2) is 0 Å². The second kappa shape index (κ2) is 7.51. The Morgan fingerprint density at radius 1 is 1.27 bits per heavy atom. The van der Waals surface area contributed by atoms with Crippen molar-refractivity contribution in [3.63, 3.8) is 0 Å². The molecule has 1 amide bonds. The number of nitrogens with zero attached hydrogens (tertiary/aromatic N) is 5. The monoisotopic (exact) mass is 353 g/mol. The van der Waals surface area contributed by atoms with Gasteiger partial charge in [-0.15, -0.1) is 0 Å². The summed E-state index contributed by atoms with van der Waals surface area (Å²) in [7, 11) is 1.84. The smallest absolute Gasteiger partial charge is 0.223 e. The molecule has 0 fully saturated rings. The molecular weight excluding hydrogens is 330 g/mol. The SMILES string of the molecule is Cc1noc(C)c1CCC(=O)N(C)C(C)c1ccc(-n2cncn2)cc1. The Balaban J connectivity index is 1.63. The molecule has 3 aromatic rings. The minimum atomic E-state index is -0.0167. The second-order valence-electron chi connectivity index (χ2n) is 6.41. The Labute approximate surface area is 152 Å². The fourth-order valence-corrected chi connectivity index (χ4v) is 2.95. The standard InChI is InChI=1S/C19H23N5O2/c1-13-18(15(3)26-22-13)9-10-19(25)23(4)14(2)16-5-7-17(8-6-16)24-12-20-11-21-24/h5-8,11-12,14H,9-10H2,1-4H3. The molecule has 0 bridgehead atoms. The first-order valence-corrected chi connectivity index (χ1v) is 8.59. The van der Waals surface area contributed by atoms with Gasteiger partial charge in [-0.2, -0.15) is 5.10 Å². The van der Waals surface area contributed by atoms with Crippen LogP contribution in [0, 0.1) is 13.8 Å². The van der Waals surface area contributed by atoms with Crippen LogP contribution < -0.4 is 0 Å². The molecule has 1 unspecified atom stereocenters. The maximum atomic E-state index is 12.6. The van der Waals surface area contributed by atoms with Gasteiger partial charge in [0, 0.05) is 19.0 Å². The lowest BCUT2D eigenvalue weighted by molar-refractivity contribution is -0.131. The summed E-state index contributed by atoms with van der Waals surface area (Å²) in [6.07, 6.45) is 4.23. The summed E-state index contributed by atoms with van der Waals surface area (Å²) in [4.78, 5) is 18.3. The zero-order valence-corrected chi connectivity index (χ0v) is 15.5. The van der Waals surface area contributed by atoms with Gasteiger partial charge in [0.25, 0.3) is 0 Å². The molecule has 0 saturated heterocycles. The van der Waals surface area contributed by atoms with Crippen LogP contribution in [0.4, 0.5) is 0 Å². The van der Waals surface area contributed by atoms with Crippen LogP contribution in [0.15, 0.2) is 41.4 Å². The summed E-state index contributed by atoms with van der Waals surface area (Å²) in [6.45, 7) is 5.81. The Hall–Kier alpha value is -2.96. The number of aryl methyl sites for hydroxylation is 2. The molecule has 26 heavy (non-hydrogen) atoms. The largest absolute Gasteiger partial charge is 0.361 e. The summed E-state index contributed by atoms with van der Waals surface area (Å²) < 4.78 is 6.86. The van der Waals surface area contributed by atoms with Crippen LogP contribution in [0.25, 0.3) is 5.69 Å². The minimum absolute atomic E-state index is 0.0167. The van der Waals surface area contributed by atoms with E-state index in [2.05, 4.69) is 15.2 Å². The summed E-state index contributed by atoms with van der Waals surface area (Å²) in [5.41, 5.74) is 3.89. The molecule has 136 valence electrons. The molecule has 0 radical (unpaired) electrons. The van der Waals surface area contributed by atoms with Crippen molar-refractivity contribution >= 4 is 5.91 Å². The summed E-state index contributed by atoms with van der Waals surface area (Å²) in [6, 6.07) is 7.96. The van der Waals surface area contributed by atoms with E-state index in [0.29, 0.717) is 12.8 Å². The highest BCUT2D eigenvalue weighted by molar-refractivity contribution is 5.76. The van der Waals surface area contributed by atoms with Crippen molar-refractivity contribution < 1.29 is 9.32 Å². The average Bonchev–Trinajstić information content (AvgIpc) is 3.29. The van der Waals surface area contributed by atoms with E-state index in [1.807, 2.05) is 52.1 Å². The van der Waals surface area contributed by atoms with Gasteiger partial charge in [-0.3, -0.25) is 4.79 Å². The predicted molar refractivity (Wildman–Crippen MR) is 96.8 cm³/mol. The first-order chi connectivity index (χ1) is 12.5. The quantitative estimate of drug-likeness (QED) is 0.681. The molecule has 2 aromatic heterocycles. The fraction of sp³-hybridized carbons (Fsp3) is 0.368. The lowest BCUT2D eigenvalue weighted by Crippen LogP contribution is -2.29. The third-order valence-corrected chi connectivity index (χ3v) is 4.80. The number of aromatic nitrogens is 4. The first-order valence-electron chi connectivity index (χ1n) is 8.59. The summed E-state index contributed by atoms with van der Waals surface area (Å²) >= 11 is 0. The number of hydrogen-bond acceptors (Lipinski definition) is 5. The van der Waals surface area contributed by atoms with Gasteiger partial charge < -0.3 is 9.42 Å². The number of benzene rings is 1. The highest BCUT2D eigenvalue weighted by Crippen LogP contribution is 2.22. The van der Waals surface area contributed by atoms with Crippen LogP contribution in [-0.4, -0.2) is 37.8 Å². The number of carbonyl (C=O) groups excluding carboxylic acids is 1. The van der Waals surface area contributed by atoms with Gasteiger partial charge in [0.05, 0.1) is 17.4 Å². The van der Waals surface area contributed by atoms with E-state index >= 15 is 0 Å². The van der Waals surface area contributed by atoms with Crippen molar-refractivity contribution in [2.45, 2.75) is 39.7 Å². The van der Waals surface area contributed by atoms with Gasteiger partial charge in [0.1, 0.15) is 18.4 Å². The highest BCUT2D eigenvalue weighted by Gasteiger charge is 2.19. The fourth-order valence-electron chi connectivity index (χ4n) is 2.95. The summed E-state index contributed by atoms with van der Waals surface area (Å²) in [5.74, 6) is 0.882. The van der Waals surface area contributed by atoms with Crippen LogP contribution in [-0.2, 0) is 11.2 Å². The Bertz CT molecular complexity index is 848. The van der Waals surface area contributed by atoms with E-state index in [4.69, 9.17) is 4.52 Å². The topological polar surface area (TPSA) is 77.0 Å². The maximum Gasteiger partial charge on any atom is 0.223 e. The predicted octanol–water partition coefficient (Wildman–Crippen LogP) is 3.02. The molecule has 2 heterocycles. The molecule has 0 aliphatic carbocycles. The van der Waals surface area contributed by atoms with Gasteiger partial charge in [-0.05, 0) is 44.9 Å². The number of amides is 1. The molecule has 7 nitrogen and oxygen atoms in total. The van der Waals surface area contributed by atoms with Crippen LogP contribution in [0.5, 0.6) is 0 Å². The van der Waals surface area contributed by atoms with Crippen LogP contribution >= 0.6 is 0 Å². The third kappa shape index (κ3) is 3.66. The van der Waals surface area contributed by atoms with Gasteiger partial charge in [-0.1, -0.05) is 17.3 Å². The normalized spacial score (nSPS) is 12.2. The summed E-state index contributed by atoms with van der Waals surface area (Å²) in [5, 5.41) is 8.05. The zero-order chi connectivity index (χ0) is 18.7. The van der Waals surface area contributed by atoms with Crippen LogP contribution in [0.2, 0.25) is 0 Å². The number of carbonyl (C=O) groups is 1. The first kappa shape index (κ1) is 17.8. The molecule has 0 N–H and O–H groups in total. The van der Waals surface area contributed by atoms with Crippen LogP contribution in [0.3, 0.4) is 0 Å². The Kier molecular flexibility index (Phi) is 5.16. The zero-order valence-electron chi connectivity index (χ0n) is 15.5. The van der Waals surface area contributed by atoms with Crippen molar-refractivity contribution in [1.82, 2.24) is 24.8 Å². The average molecular weight is 353 g/mol. The molecular formula is C19H23N5O2. The van der Waals surface area contributed by atoms with E-state index in [1.54, 1.807) is 15.9 Å². The lowest BCUT2D eigenvalue weighted by atomic mass is 10.0. The molecule has 0 spiro atoms. The van der Waals surface area contributed by atoms with E-state index in [1.165, 1.54) is 6.33 Å². The lowest BCUT2D eigenvalue weighted by Gasteiger charge is -2.25. The molecule has 0 aliphatic heterocycles. The maximum absolute atomic E-state index is 12.6. The molecule has 3 rings (SSSR count). The second-order valence-corrected chi connectivity index (χ2v) is 6.41. The molecule has 7 heteroatoms. The van der Waals surface area contributed by atoms with Crippen molar-refractivity contribution in [3.8, 4) is 5.69 Å². The van der Waals surface area contributed by atoms with E-state index in [9.17, 15) is 4.79 Å². The highest BCUT2D eigenvalue weighted by atomic mass is 16.5. The van der Waals surface area contributed by atoms with Crippen molar-refractivity contribution in [2.75, 3.05) is 7.05 Å². The van der Waals surface area contributed by atoms with E-state index < -0.39 is 0 Å². The molecule has 1 aromatic carbocycles.